The predicted octanol–water partition coefficient (Wildman–Crippen LogP) is 4.33. The fourth-order valence-electron chi connectivity index (χ4n) is 3.44. The monoisotopic (exact) mass is 451 g/mol. The first-order valence-corrected chi connectivity index (χ1v) is 10.9. The van der Waals surface area contributed by atoms with Crippen molar-refractivity contribution in [2.24, 2.45) is 0 Å². The standard InChI is InChI=1S/C26H30FN3O3/c1-5-15-32-18-22(31)16-29(19(2)3)17-23-20(4)28-30(21-11-7-6-8-12-21)26(23)33-25-14-10-9-13-24(25)27/h1,6-14,19,22,31H,15-18H2,2-4H3. The van der Waals surface area contributed by atoms with Gasteiger partial charge in [-0.05, 0) is 45.0 Å². The average molecular weight is 452 g/mol. The highest BCUT2D eigenvalue weighted by molar-refractivity contribution is 5.43. The minimum absolute atomic E-state index is 0.119. The Kier molecular flexibility index (Phi) is 8.61. The number of aromatic nitrogens is 2. The highest BCUT2D eigenvalue weighted by Gasteiger charge is 2.24. The van der Waals surface area contributed by atoms with E-state index >= 15 is 0 Å². The highest BCUT2D eigenvalue weighted by atomic mass is 19.1. The van der Waals surface area contributed by atoms with E-state index in [1.807, 2.05) is 51.1 Å². The second-order valence-electron chi connectivity index (χ2n) is 8.05. The number of hydrogen-bond acceptors (Lipinski definition) is 5. The summed E-state index contributed by atoms with van der Waals surface area (Å²) in [5, 5.41) is 15.1. The van der Waals surface area contributed by atoms with Gasteiger partial charge in [0.25, 0.3) is 0 Å². The zero-order chi connectivity index (χ0) is 23.8. The van der Waals surface area contributed by atoms with E-state index in [1.165, 1.54) is 6.07 Å². The molecular weight excluding hydrogens is 421 g/mol. The summed E-state index contributed by atoms with van der Waals surface area (Å²) >= 11 is 0. The Hall–Kier alpha value is -3.18. The van der Waals surface area contributed by atoms with Gasteiger partial charge in [0.05, 0.1) is 29.7 Å². The molecule has 2 aromatic carbocycles. The first kappa shape index (κ1) is 24.5. The average Bonchev–Trinajstić information content (AvgIpc) is 3.10. The number of rotatable bonds is 11. The van der Waals surface area contributed by atoms with Crippen molar-refractivity contribution in [3.8, 4) is 29.7 Å². The molecule has 1 N–H and O–H groups in total. The number of terminal acetylenes is 1. The molecule has 1 heterocycles. The third-order valence-electron chi connectivity index (χ3n) is 5.21. The van der Waals surface area contributed by atoms with Crippen LogP contribution in [0.3, 0.4) is 0 Å². The normalized spacial score (nSPS) is 12.2. The highest BCUT2D eigenvalue weighted by Crippen LogP contribution is 2.33. The van der Waals surface area contributed by atoms with Crippen molar-refractivity contribution in [1.29, 1.82) is 0 Å². The first-order valence-electron chi connectivity index (χ1n) is 10.9. The minimum atomic E-state index is -0.707. The second-order valence-corrected chi connectivity index (χ2v) is 8.05. The SMILES string of the molecule is C#CCOCC(O)CN(Cc1c(C)nn(-c2ccccc2)c1Oc1ccccc1F)C(C)C. The zero-order valence-corrected chi connectivity index (χ0v) is 19.2. The Bertz CT molecular complexity index is 1080. The zero-order valence-electron chi connectivity index (χ0n) is 19.2. The van der Waals surface area contributed by atoms with Crippen molar-refractivity contribution in [2.75, 3.05) is 19.8 Å². The Labute approximate surface area is 194 Å². The van der Waals surface area contributed by atoms with Gasteiger partial charge in [0.15, 0.2) is 11.6 Å². The third kappa shape index (κ3) is 6.42. The summed E-state index contributed by atoms with van der Waals surface area (Å²) < 4.78 is 27.5. The molecule has 3 rings (SSSR count). The molecule has 0 amide bonds. The largest absolute Gasteiger partial charge is 0.435 e. The lowest BCUT2D eigenvalue weighted by Gasteiger charge is -2.28. The molecule has 33 heavy (non-hydrogen) atoms. The van der Waals surface area contributed by atoms with Gasteiger partial charge in [-0.25, -0.2) is 9.07 Å². The molecule has 1 aromatic heterocycles. The van der Waals surface area contributed by atoms with Gasteiger partial charge >= 0.3 is 0 Å². The van der Waals surface area contributed by atoms with E-state index in [4.69, 9.17) is 21.0 Å². The number of aliphatic hydroxyl groups excluding tert-OH is 1. The van der Waals surface area contributed by atoms with Crippen molar-refractivity contribution in [3.63, 3.8) is 0 Å². The molecule has 0 saturated carbocycles. The maximum Gasteiger partial charge on any atom is 0.227 e. The Morgan fingerprint density at radius 3 is 2.52 bits per heavy atom. The number of nitrogens with zero attached hydrogens (tertiary/aromatic N) is 3. The maximum atomic E-state index is 14.4. The van der Waals surface area contributed by atoms with Crippen LogP contribution in [-0.2, 0) is 11.3 Å². The van der Waals surface area contributed by atoms with E-state index in [0.29, 0.717) is 19.0 Å². The van der Waals surface area contributed by atoms with E-state index in [9.17, 15) is 9.50 Å². The number of aliphatic hydroxyl groups is 1. The van der Waals surface area contributed by atoms with Crippen molar-refractivity contribution in [3.05, 3.63) is 71.7 Å². The molecule has 0 bridgehead atoms. The van der Waals surface area contributed by atoms with Crippen LogP contribution in [0.2, 0.25) is 0 Å². The number of hydrogen-bond donors (Lipinski definition) is 1. The lowest BCUT2D eigenvalue weighted by Crippen LogP contribution is -2.39. The first-order chi connectivity index (χ1) is 15.9. The summed E-state index contributed by atoms with van der Waals surface area (Å²) in [5.74, 6) is 2.50. The smallest absolute Gasteiger partial charge is 0.227 e. The van der Waals surface area contributed by atoms with Gasteiger partial charge in [-0.3, -0.25) is 4.90 Å². The van der Waals surface area contributed by atoms with Crippen molar-refractivity contribution in [2.45, 2.75) is 39.5 Å². The van der Waals surface area contributed by atoms with Gasteiger partial charge in [-0.2, -0.15) is 5.10 Å². The number of halogens is 1. The number of ether oxygens (including phenoxy) is 2. The molecular formula is C26H30FN3O3. The number of para-hydroxylation sites is 2. The summed E-state index contributed by atoms with van der Waals surface area (Å²) in [6.45, 7) is 7.11. The molecule has 3 aromatic rings. The van der Waals surface area contributed by atoms with Crippen molar-refractivity contribution < 1.29 is 19.0 Å². The quantitative estimate of drug-likeness (QED) is 0.347. The van der Waals surface area contributed by atoms with Crippen LogP contribution >= 0.6 is 0 Å². The van der Waals surface area contributed by atoms with Crippen LogP contribution in [0.15, 0.2) is 54.6 Å². The molecule has 0 saturated heterocycles. The van der Waals surface area contributed by atoms with E-state index in [-0.39, 0.29) is 25.0 Å². The third-order valence-corrected chi connectivity index (χ3v) is 5.21. The van der Waals surface area contributed by atoms with Crippen LogP contribution < -0.4 is 4.74 Å². The summed E-state index contributed by atoms with van der Waals surface area (Å²) in [6.07, 6.45) is 4.50. The van der Waals surface area contributed by atoms with Gasteiger partial charge in [-0.1, -0.05) is 36.3 Å². The van der Waals surface area contributed by atoms with Crippen LogP contribution in [0.1, 0.15) is 25.1 Å². The topological polar surface area (TPSA) is 59.8 Å². The Morgan fingerprint density at radius 2 is 1.85 bits per heavy atom. The molecule has 0 radical (unpaired) electrons. The molecule has 0 aliphatic carbocycles. The van der Waals surface area contributed by atoms with Crippen LogP contribution in [0.5, 0.6) is 11.6 Å². The summed E-state index contributed by atoms with van der Waals surface area (Å²) in [5.41, 5.74) is 2.37. The van der Waals surface area contributed by atoms with E-state index in [2.05, 4.69) is 10.8 Å². The number of benzene rings is 2. The fourth-order valence-corrected chi connectivity index (χ4v) is 3.44. The van der Waals surface area contributed by atoms with E-state index in [0.717, 1.165) is 16.9 Å². The van der Waals surface area contributed by atoms with Crippen LogP contribution in [0.25, 0.3) is 5.69 Å². The second kappa shape index (κ2) is 11.6. The molecule has 0 aliphatic rings. The van der Waals surface area contributed by atoms with Crippen LogP contribution in [0.4, 0.5) is 4.39 Å². The molecule has 0 spiro atoms. The van der Waals surface area contributed by atoms with E-state index < -0.39 is 11.9 Å². The summed E-state index contributed by atoms with van der Waals surface area (Å²) in [6, 6.07) is 16.0. The van der Waals surface area contributed by atoms with Crippen LogP contribution in [-0.4, -0.2) is 51.7 Å². The van der Waals surface area contributed by atoms with Gasteiger partial charge < -0.3 is 14.6 Å². The fraction of sp³-hybridized carbons (Fsp3) is 0.346. The molecule has 1 atom stereocenters. The molecule has 0 fully saturated rings. The number of aryl methyl sites for hydroxylation is 1. The molecule has 7 heteroatoms. The lowest BCUT2D eigenvalue weighted by molar-refractivity contribution is 0.0190. The minimum Gasteiger partial charge on any atom is -0.435 e. The Balaban J connectivity index is 1.95. The molecule has 174 valence electrons. The maximum absolute atomic E-state index is 14.4. The molecule has 0 aliphatic heterocycles. The van der Waals surface area contributed by atoms with Crippen molar-refractivity contribution in [1.82, 2.24) is 14.7 Å². The summed E-state index contributed by atoms with van der Waals surface area (Å²) in [4.78, 5) is 2.09. The van der Waals surface area contributed by atoms with Gasteiger partial charge in [0.2, 0.25) is 5.88 Å². The lowest BCUT2D eigenvalue weighted by atomic mass is 10.2. The van der Waals surface area contributed by atoms with E-state index in [1.54, 1.807) is 22.9 Å². The Morgan fingerprint density at radius 1 is 1.15 bits per heavy atom. The molecule has 1 unspecified atom stereocenters. The van der Waals surface area contributed by atoms with Crippen molar-refractivity contribution >= 4 is 0 Å². The summed E-state index contributed by atoms with van der Waals surface area (Å²) in [7, 11) is 0. The van der Waals surface area contributed by atoms with Gasteiger partial charge in [-0.15, -0.1) is 6.42 Å². The van der Waals surface area contributed by atoms with Crippen LogP contribution in [0, 0.1) is 25.1 Å². The predicted molar refractivity (Wildman–Crippen MR) is 126 cm³/mol. The van der Waals surface area contributed by atoms with Gasteiger partial charge in [0.1, 0.15) is 6.61 Å². The van der Waals surface area contributed by atoms with Gasteiger partial charge in [0, 0.05) is 19.1 Å². The molecule has 6 nitrogen and oxygen atoms in total.